The van der Waals surface area contributed by atoms with Gasteiger partial charge in [-0.1, -0.05) is 36.9 Å². The smallest absolute Gasteiger partial charge is 0.253 e. The summed E-state index contributed by atoms with van der Waals surface area (Å²) >= 11 is 0. The highest BCUT2D eigenvalue weighted by atomic mass is 16.2. The molecule has 2 heterocycles. The molecule has 170 valence electrons. The quantitative estimate of drug-likeness (QED) is 0.343. The molecule has 33 heavy (non-hydrogen) atoms. The van der Waals surface area contributed by atoms with Gasteiger partial charge in [0.05, 0.1) is 0 Å². The molecule has 1 amide bonds. The van der Waals surface area contributed by atoms with Crippen molar-refractivity contribution in [3.63, 3.8) is 0 Å². The van der Waals surface area contributed by atoms with E-state index in [9.17, 15) is 14.4 Å². The lowest BCUT2D eigenvalue weighted by Crippen LogP contribution is -2.47. The van der Waals surface area contributed by atoms with Gasteiger partial charge in [-0.25, -0.2) is 4.98 Å². The summed E-state index contributed by atoms with van der Waals surface area (Å²) in [4.78, 5) is 42.5. The van der Waals surface area contributed by atoms with Crippen LogP contribution in [0.25, 0.3) is 0 Å². The van der Waals surface area contributed by atoms with E-state index in [1.165, 1.54) is 6.08 Å². The SMILES string of the molecule is C=CC(=O)NC1CCCN(c2cc(Nc3c(NCCc4ccccc4)c(=O)c3=O)ccn2)C1. The summed E-state index contributed by atoms with van der Waals surface area (Å²) in [6.07, 6.45) is 5.51. The number of amides is 1. The van der Waals surface area contributed by atoms with Crippen LogP contribution in [0.3, 0.4) is 0 Å². The Labute approximate surface area is 192 Å². The van der Waals surface area contributed by atoms with Crippen LogP contribution < -0.4 is 31.7 Å². The molecule has 1 saturated heterocycles. The number of hydrogen-bond acceptors (Lipinski definition) is 7. The van der Waals surface area contributed by atoms with Gasteiger partial charge in [0.2, 0.25) is 5.91 Å². The lowest BCUT2D eigenvalue weighted by atomic mass is 10.1. The number of carbonyl (C=O) groups excluding carboxylic acids is 1. The lowest BCUT2D eigenvalue weighted by Gasteiger charge is -2.34. The van der Waals surface area contributed by atoms with Crippen molar-refractivity contribution < 1.29 is 4.79 Å². The third kappa shape index (κ3) is 5.28. The minimum atomic E-state index is -0.527. The Morgan fingerprint density at radius 1 is 1.15 bits per heavy atom. The number of pyridine rings is 1. The number of nitrogens with zero attached hydrogens (tertiary/aromatic N) is 2. The molecule has 3 aromatic rings. The van der Waals surface area contributed by atoms with Crippen molar-refractivity contribution >= 4 is 28.8 Å². The second-order valence-corrected chi connectivity index (χ2v) is 8.10. The highest BCUT2D eigenvalue weighted by molar-refractivity contribution is 5.87. The summed E-state index contributed by atoms with van der Waals surface area (Å²) in [5, 5.41) is 9.13. The number of nitrogens with one attached hydrogen (secondary N) is 3. The van der Waals surface area contributed by atoms with Crippen molar-refractivity contribution in [2.45, 2.75) is 25.3 Å². The van der Waals surface area contributed by atoms with E-state index >= 15 is 0 Å². The predicted molar refractivity (Wildman–Crippen MR) is 131 cm³/mol. The molecular weight excluding hydrogens is 418 g/mol. The van der Waals surface area contributed by atoms with Crippen LogP contribution in [0.5, 0.6) is 0 Å². The molecule has 3 N–H and O–H groups in total. The van der Waals surface area contributed by atoms with Crippen molar-refractivity contribution in [2.24, 2.45) is 0 Å². The van der Waals surface area contributed by atoms with Gasteiger partial charge in [-0.15, -0.1) is 0 Å². The molecule has 2 aromatic carbocycles. The van der Waals surface area contributed by atoms with Crippen molar-refractivity contribution in [1.82, 2.24) is 10.3 Å². The van der Waals surface area contributed by atoms with Crippen LogP contribution in [0.1, 0.15) is 18.4 Å². The molecule has 1 aliphatic rings. The van der Waals surface area contributed by atoms with Crippen molar-refractivity contribution in [2.75, 3.05) is 35.2 Å². The Morgan fingerprint density at radius 3 is 2.73 bits per heavy atom. The monoisotopic (exact) mass is 445 g/mol. The number of carbonyl (C=O) groups is 1. The Kier molecular flexibility index (Phi) is 6.83. The Hall–Kier alpha value is -3.94. The molecule has 0 aliphatic carbocycles. The van der Waals surface area contributed by atoms with Gasteiger partial charge in [0.25, 0.3) is 10.9 Å². The summed E-state index contributed by atoms with van der Waals surface area (Å²) in [6, 6.07) is 13.6. The topological polar surface area (TPSA) is 103 Å². The molecule has 1 atom stereocenters. The Morgan fingerprint density at radius 2 is 1.94 bits per heavy atom. The van der Waals surface area contributed by atoms with Crippen molar-refractivity contribution in [3.8, 4) is 0 Å². The van der Waals surface area contributed by atoms with Crippen molar-refractivity contribution in [3.05, 3.63) is 87.3 Å². The van der Waals surface area contributed by atoms with Crippen LogP contribution in [0, 0.1) is 0 Å². The largest absolute Gasteiger partial charge is 0.380 e. The molecule has 8 heteroatoms. The summed E-state index contributed by atoms with van der Waals surface area (Å²) in [7, 11) is 0. The molecule has 0 radical (unpaired) electrons. The standard InChI is InChI=1S/C25H27N5O3/c1-2-21(31)28-19-9-6-14-30(16-19)20-15-18(11-13-26-20)29-23-22(24(32)25(23)33)27-12-10-17-7-4-3-5-8-17/h2-5,7-8,11,13,15,19,27H,1,6,9-10,12,14,16H2,(H,26,29)(H,28,31). The van der Waals surface area contributed by atoms with Gasteiger partial charge in [-0.3, -0.25) is 14.4 Å². The fraction of sp³-hybridized carbons (Fsp3) is 0.280. The van der Waals surface area contributed by atoms with Gasteiger partial charge < -0.3 is 20.9 Å². The molecule has 1 aromatic heterocycles. The van der Waals surface area contributed by atoms with E-state index in [1.54, 1.807) is 12.3 Å². The first kappa shape index (κ1) is 22.3. The van der Waals surface area contributed by atoms with E-state index < -0.39 is 10.9 Å². The third-order valence-electron chi connectivity index (χ3n) is 5.76. The first-order chi connectivity index (χ1) is 16.0. The van der Waals surface area contributed by atoms with Crippen LogP contribution in [-0.4, -0.2) is 36.6 Å². The first-order valence-corrected chi connectivity index (χ1v) is 11.1. The van der Waals surface area contributed by atoms with E-state index in [0.29, 0.717) is 24.5 Å². The fourth-order valence-corrected chi connectivity index (χ4v) is 4.03. The van der Waals surface area contributed by atoms with Gasteiger partial charge in [0, 0.05) is 43.6 Å². The second kappa shape index (κ2) is 10.1. The average molecular weight is 446 g/mol. The summed E-state index contributed by atoms with van der Waals surface area (Å²) < 4.78 is 0. The molecule has 0 spiro atoms. The number of rotatable bonds is 9. The highest BCUT2D eigenvalue weighted by Crippen LogP contribution is 2.25. The molecule has 8 nitrogen and oxygen atoms in total. The fourth-order valence-electron chi connectivity index (χ4n) is 4.03. The summed E-state index contributed by atoms with van der Waals surface area (Å²) in [6.45, 7) is 5.52. The number of benzene rings is 1. The van der Waals surface area contributed by atoms with E-state index in [1.807, 2.05) is 36.4 Å². The maximum atomic E-state index is 12.2. The van der Waals surface area contributed by atoms with Crippen LogP contribution in [0.15, 0.2) is 70.9 Å². The van der Waals surface area contributed by atoms with Crippen LogP contribution in [0.2, 0.25) is 0 Å². The summed E-state index contributed by atoms with van der Waals surface area (Å²) in [5.41, 5.74) is 1.40. The maximum absolute atomic E-state index is 12.2. The second-order valence-electron chi connectivity index (χ2n) is 8.10. The lowest BCUT2D eigenvalue weighted by molar-refractivity contribution is -0.117. The highest BCUT2D eigenvalue weighted by Gasteiger charge is 2.23. The number of aromatic nitrogens is 1. The Balaban J connectivity index is 1.41. The zero-order chi connectivity index (χ0) is 23.2. The number of piperidine rings is 1. The minimum absolute atomic E-state index is 0.0247. The zero-order valence-corrected chi connectivity index (χ0v) is 18.3. The molecule has 0 saturated carbocycles. The van der Waals surface area contributed by atoms with Gasteiger partial charge >= 0.3 is 0 Å². The van der Waals surface area contributed by atoms with Crippen LogP contribution in [-0.2, 0) is 11.2 Å². The minimum Gasteiger partial charge on any atom is -0.380 e. The summed E-state index contributed by atoms with van der Waals surface area (Å²) in [5.74, 6) is 0.562. The molecule has 1 unspecified atom stereocenters. The van der Waals surface area contributed by atoms with E-state index in [2.05, 4.69) is 32.4 Å². The third-order valence-corrected chi connectivity index (χ3v) is 5.76. The molecule has 4 rings (SSSR count). The molecular formula is C25H27N5O3. The van der Waals surface area contributed by atoms with Gasteiger partial charge in [0.15, 0.2) is 0 Å². The number of anilines is 4. The predicted octanol–water partition coefficient (Wildman–Crippen LogP) is 2.35. The van der Waals surface area contributed by atoms with E-state index in [0.717, 1.165) is 37.2 Å². The normalized spacial score (nSPS) is 15.8. The molecule has 1 fully saturated rings. The maximum Gasteiger partial charge on any atom is 0.253 e. The van der Waals surface area contributed by atoms with Crippen molar-refractivity contribution in [1.29, 1.82) is 0 Å². The van der Waals surface area contributed by atoms with E-state index in [-0.39, 0.29) is 17.6 Å². The van der Waals surface area contributed by atoms with Crippen LogP contribution in [0.4, 0.5) is 22.9 Å². The van der Waals surface area contributed by atoms with Crippen LogP contribution >= 0.6 is 0 Å². The zero-order valence-electron chi connectivity index (χ0n) is 18.3. The van der Waals surface area contributed by atoms with Gasteiger partial charge in [-0.2, -0.15) is 0 Å². The molecule has 0 bridgehead atoms. The van der Waals surface area contributed by atoms with E-state index in [4.69, 9.17) is 0 Å². The first-order valence-electron chi connectivity index (χ1n) is 11.1. The average Bonchev–Trinajstić information content (AvgIpc) is 2.86. The molecule has 1 aliphatic heterocycles. The van der Waals surface area contributed by atoms with Gasteiger partial charge in [-0.05, 0) is 37.0 Å². The Bertz CT molecular complexity index is 1200. The number of hydrogen-bond donors (Lipinski definition) is 3. The van der Waals surface area contributed by atoms with Gasteiger partial charge in [0.1, 0.15) is 17.2 Å².